The summed E-state index contributed by atoms with van der Waals surface area (Å²) in [4.78, 5) is 12.4. The standard InChI is InChI=1S/C12H16ClN5O/c1-3-4-9-11(13)15-7-16-12(9)14-6-5-10-17-8(2)18-19-10/h7H,3-6H2,1-2H3,(H,14,15,16). The molecule has 19 heavy (non-hydrogen) atoms. The average molecular weight is 282 g/mol. The fourth-order valence-electron chi connectivity index (χ4n) is 1.74. The third-order valence-electron chi connectivity index (χ3n) is 2.59. The van der Waals surface area contributed by atoms with Crippen molar-refractivity contribution in [2.75, 3.05) is 11.9 Å². The number of anilines is 1. The van der Waals surface area contributed by atoms with Crippen molar-refractivity contribution in [2.45, 2.75) is 33.1 Å². The van der Waals surface area contributed by atoms with Gasteiger partial charge in [-0.15, -0.1) is 0 Å². The Morgan fingerprint density at radius 2 is 2.16 bits per heavy atom. The van der Waals surface area contributed by atoms with E-state index in [9.17, 15) is 0 Å². The minimum Gasteiger partial charge on any atom is -0.369 e. The summed E-state index contributed by atoms with van der Waals surface area (Å²) in [5.74, 6) is 2.03. The molecule has 7 heteroatoms. The molecule has 0 aliphatic carbocycles. The highest BCUT2D eigenvalue weighted by Gasteiger charge is 2.09. The van der Waals surface area contributed by atoms with E-state index in [2.05, 4.69) is 32.3 Å². The molecule has 0 bridgehead atoms. The summed E-state index contributed by atoms with van der Waals surface area (Å²) >= 11 is 6.08. The maximum absolute atomic E-state index is 6.08. The van der Waals surface area contributed by atoms with Crippen LogP contribution >= 0.6 is 11.6 Å². The van der Waals surface area contributed by atoms with Crippen molar-refractivity contribution in [3.8, 4) is 0 Å². The molecular weight excluding hydrogens is 266 g/mol. The molecule has 0 fully saturated rings. The number of rotatable bonds is 6. The Morgan fingerprint density at radius 3 is 2.84 bits per heavy atom. The maximum Gasteiger partial charge on any atom is 0.228 e. The lowest BCUT2D eigenvalue weighted by atomic mass is 10.2. The third kappa shape index (κ3) is 3.64. The first-order valence-electron chi connectivity index (χ1n) is 6.23. The number of halogens is 1. The van der Waals surface area contributed by atoms with Crippen LogP contribution in [0.3, 0.4) is 0 Å². The number of aromatic nitrogens is 4. The van der Waals surface area contributed by atoms with E-state index in [0.717, 1.165) is 24.2 Å². The second kappa shape index (κ2) is 6.47. The summed E-state index contributed by atoms with van der Waals surface area (Å²) in [6.45, 7) is 4.55. The Bertz CT molecular complexity index is 543. The zero-order valence-electron chi connectivity index (χ0n) is 11.0. The van der Waals surface area contributed by atoms with Crippen LogP contribution in [-0.2, 0) is 12.8 Å². The van der Waals surface area contributed by atoms with E-state index < -0.39 is 0 Å². The SMILES string of the molecule is CCCc1c(Cl)ncnc1NCCc1nc(C)no1. The molecule has 0 spiro atoms. The first kappa shape index (κ1) is 13.7. The van der Waals surface area contributed by atoms with Crippen LogP contribution in [0.4, 0.5) is 5.82 Å². The minimum atomic E-state index is 0.507. The van der Waals surface area contributed by atoms with Gasteiger partial charge in [0, 0.05) is 18.5 Å². The van der Waals surface area contributed by atoms with Crippen LogP contribution in [0.15, 0.2) is 10.9 Å². The fourth-order valence-corrected chi connectivity index (χ4v) is 1.97. The van der Waals surface area contributed by atoms with Gasteiger partial charge < -0.3 is 9.84 Å². The van der Waals surface area contributed by atoms with Gasteiger partial charge in [-0.3, -0.25) is 0 Å². The maximum atomic E-state index is 6.08. The Morgan fingerprint density at radius 1 is 1.32 bits per heavy atom. The Kier molecular flexibility index (Phi) is 4.68. The molecule has 0 aromatic carbocycles. The summed E-state index contributed by atoms with van der Waals surface area (Å²) in [5.41, 5.74) is 0.952. The van der Waals surface area contributed by atoms with Crippen LogP contribution in [0.25, 0.3) is 0 Å². The van der Waals surface area contributed by atoms with Crippen molar-refractivity contribution in [1.29, 1.82) is 0 Å². The highest BCUT2D eigenvalue weighted by molar-refractivity contribution is 6.30. The van der Waals surface area contributed by atoms with Crippen molar-refractivity contribution in [2.24, 2.45) is 0 Å². The second-order valence-electron chi connectivity index (χ2n) is 4.15. The molecule has 2 aromatic heterocycles. The van der Waals surface area contributed by atoms with E-state index in [1.807, 2.05) is 0 Å². The van der Waals surface area contributed by atoms with Gasteiger partial charge in [0.15, 0.2) is 5.82 Å². The predicted octanol–water partition coefficient (Wildman–Crippen LogP) is 2.43. The number of aryl methyl sites for hydroxylation is 1. The lowest BCUT2D eigenvalue weighted by Gasteiger charge is -2.10. The Balaban J connectivity index is 1.97. The van der Waals surface area contributed by atoms with Gasteiger partial charge >= 0.3 is 0 Å². The van der Waals surface area contributed by atoms with Crippen LogP contribution < -0.4 is 5.32 Å². The monoisotopic (exact) mass is 281 g/mol. The normalized spacial score (nSPS) is 10.7. The zero-order chi connectivity index (χ0) is 13.7. The first-order valence-corrected chi connectivity index (χ1v) is 6.61. The first-order chi connectivity index (χ1) is 9.20. The van der Waals surface area contributed by atoms with E-state index >= 15 is 0 Å². The molecule has 0 saturated heterocycles. The van der Waals surface area contributed by atoms with E-state index in [-0.39, 0.29) is 0 Å². The zero-order valence-corrected chi connectivity index (χ0v) is 11.7. The highest BCUT2D eigenvalue weighted by atomic mass is 35.5. The number of nitrogens with one attached hydrogen (secondary N) is 1. The van der Waals surface area contributed by atoms with Crippen molar-refractivity contribution in [1.82, 2.24) is 20.1 Å². The summed E-state index contributed by atoms with van der Waals surface area (Å²) in [6, 6.07) is 0. The lowest BCUT2D eigenvalue weighted by Crippen LogP contribution is -2.09. The largest absolute Gasteiger partial charge is 0.369 e. The molecule has 0 unspecified atom stereocenters. The Hall–Kier alpha value is -1.69. The predicted molar refractivity (Wildman–Crippen MR) is 72.3 cm³/mol. The van der Waals surface area contributed by atoms with E-state index in [1.54, 1.807) is 6.92 Å². The van der Waals surface area contributed by atoms with Crippen molar-refractivity contribution in [3.05, 3.63) is 28.8 Å². The molecular formula is C12H16ClN5O. The van der Waals surface area contributed by atoms with Gasteiger partial charge in [-0.1, -0.05) is 30.1 Å². The minimum absolute atomic E-state index is 0.507. The molecule has 0 atom stereocenters. The molecule has 2 heterocycles. The van der Waals surface area contributed by atoms with Gasteiger partial charge in [-0.25, -0.2) is 9.97 Å². The van der Waals surface area contributed by atoms with Gasteiger partial charge in [0.1, 0.15) is 17.3 Å². The Labute approximate surface area is 116 Å². The van der Waals surface area contributed by atoms with E-state index in [0.29, 0.717) is 29.8 Å². The number of hydrogen-bond donors (Lipinski definition) is 1. The van der Waals surface area contributed by atoms with Crippen molar-refractivity contribution < 1.29 is 4.52 Å². The summed E-state index contributed by atoms with van der Waals surface area (Å²) in [6.07, 6.45) is 3.95. The van der Waals surface area contributed by atoms with Gasteiger partial charge in [-0.2, -0.15) is 4.98 Å². The molecule has 0 amide bonds. The molecule has 0 aliphatic heterocycles. The van der Waals surface area contributed by atoms with Crippen molar-refractivity contribution >= 4 is 17.4 Å². The molecule has 0 radical (unpaired) electrons. The highest BCUT2D eigenvalue weighted by Crippen LogP contribution is 2.21. The van der Waals surface area contributed by atoms with Gasteiger partial charge in [0.25, 0.3) is 0 Å². The summed E-state index contributed by atoms with van der Waals surface area (Å²) < 4.78 is 5.04. The fraction of sp³-hybridized carbons (Fsp3) is 0.500. The number of hydrogen-bond acceptors (Lipinski definition) is 6. The molecule has 2 rings (SSSR count). The lowest BCUT2D eigenvalue weighted by molar-refractivity contribution is 0.377. The van der Waals surface area contributed by atoms with Crippen LogP contribution in [-0.4, -0.2) is 26.7 Å². The van der Waals surface area contributed by atoms with Crippen LogP contribution in [0.2, 0.25) is 5.15 Å². The average Bonchev–Trinajstić information content (AvgIpc) is 2.79. The third-order valence-corrected chi connectivity index (χ3v) is 2.92. The van der Waals surface area contributed by atoms with Gasteiger partial charge in [-0.05, 0) is 13.3 Å². The molecule has 6 nitrogen and oxygen atoms in total. The van der Waals surface area contributed by atoms with Crippen LogP contribution in [0.5, 0.6) is 0 Å². The van der Waals surface area contributed by atoms with Gasteiger partial charge in [0.05, 0.1) is 0 Å². The van der Waals surface area contributed by atoms with Gasteiger partial charge in [0.2, 0.25) is 5.89 Å². The molecule has 0 aliphatic rings. The van der Waals surface area contributed by atoms with Crippen molar-refractivity contribution in [3.63, 3.8) is 0 Å². The molecule has 0 saturated carbocycles. The summed E-state index contributed by atoms with van der Waals surface area (Å²) in [5, 5.41) is 7.48. The summed E-state index contributed by atoms with van der Waals surface area (Å²) in [7, 11) is 0. The smallest absolute Gasteiger partial charge is 0.228 e. The van der Waals surface area contributed by atoms with E-state index in [1.165, 1.54) is 6.33 Å². The van der Waals surface area contributed by atoms with Crippen LogP contribution in [0, 0.1) is 6.92 Å². The molecule has 2 aromatic rings. The molecule has 1 N–H and O–H groups in total. The van der Waals surface area contributed by atoms with Crippen LogP contribution in [0.1, 0.15) is 30.6 Å². The second-order valence-corrected chi connectivity index (χ2v) is 4.51. The quantitative estimate of drug-likeness (QED) is 0.820. The van der Waals surface area contributed by atoms with E-state index in [4.69, 9.17) is 16.1 Å². The topological polar surface area (TPSA) is 76.7 Å². The number of nitrogens with zero attached hydrogens (tertiary/aromatic N) is 4. The molecule has 102 valence electrons.